The van der Waals surface area contributed by atoms with E-state index in [2.05, 4.69) is 138 Å². The minimum absolute atomic E-state index is 0.617. The lowest BCUT2D eigenvalue weighted by Gasteiger charge is -2.15. The van der Waals surface area contributed by atoms with E-state index in [1.54, 1.807) is 0 Å². The van der Waals surface area contributed by atoms with E-state index in [9.17, 15) is 5.26 Å². The maximum absolute atomic E-state index is 10.3. The third kappa shape index (κ3) is 6.73. The van der Waals surface area contributed by atoms with Crippen molar-refractivity contribution in [3.63, 3.8) is 0 Å². The van der Waals surface area contributed by atoms with Crippen LogP contribution in [0.5, 0.6) is 0 Å². The van der Waals surface area contributed by atoms with Gasteiger partial charge in [0.15, 0.2) is 5.84 Å². The van der Waals surface area contributed by atoms with Crippen LogP contribution in [0.4, 0.5) is 0 Å². The van der Waals surface area contributed by atoms with Crippen molar-refractivity contribution < 1.29 is 0 Å². The molecule has 0 saturated heterocycles. The molecule has 1 aromatic heterocycles. The Balaban J connectivity index is 1.10. The molecule has 9 rings (SSSR count). The van der Waals surface area contributed by atoms with Crippen molar-refractivity contribution in [3.8, 4) is 34.0 Å². The lowest BCUT2D eigenvalue weighted by molar-refractivity contribution is 1.18. The van der Waals surface area contributed by atoms with E-state index in [0.29, 0.717) is 11.4 Å². The van der Waals surface area contributed by atoms with Gasteiger partial charge in [-0.25, -0.2) is 9.98 Å². The molecule has 0 atom stereocenters. The van der Waals surface area contributed by atoms with Gasteiger partial charge in [0.1, 0.15) is 0 Å². The van der Waals surface area contributed by atoms with Gasteiger partial charge in [-0.05, 0) is 88.3 Å². The molecular weight excluding hydrogens is 693 g/mol. The number of aliphatic imine (C=N–C) groups is 2. The molecule has 0 aliphatic rings. The van der Waals surface area contributed by atoms with Crippen LogP contribution in [0.1, 0.15) is 36.1 Å². The first kappa shape index (κ1) is 35.1. The monoisotopic (exact) mass is 730 g/mol. The van der Waals surface area contributed by atoms with Crippen LogP contribution in [0, 0.1) is 11.3 Å². The minimum atomic E-state index is 0.617. The maximum Gasteiger partial charge on any atom is 0.160 e. The first-order chi connectivity index (χ1) is 28.1. The van der Waals surface area contributed by atoms with Crippen LogP contribution in [0.2, 0.25) is 0 Å². The molecule has 0 N–H and O–H groups in total. The predicted octanol–water partition coefficient (Wildman–Crippen LogP) is 13.5. The number of allylic oxidation sites excluding steroid dienone is 1. The number of para-hydroxylation sites is 2. The summed E-state index contributed by atoms with van der Waals surface area (Å²) in [4.78, 5) is 10.2. The zero-order chi connectivity index (χ0) is 38.7. The van der Waals surface area contributed by atoms with Crippen LogP contribution in [0.25, 0.3) is 66.2 Å². The van der Waals surface area contributed by atoms with Crippen molar-refractivity contribution in [1.82, 2.24) is 4.57 Å². The molecule has 0 amide bonds. The third-order valence-electron chi connectivity index (χ3n) is 10.6. The molecule has 0 aliphatic carbocycles. The van der Waals surface area contributed by atoms with Crippen LogP contribution < -0.4 is 0 Å². The lowest BCUT2D eigenvalue weighted by Crippen LogP contribution is -2.04. The molecule has 0 fully saturated rings. The second kappa shape index (κ2) is 15.3. The summed E-state index contributed by atoms with van der Waals surface area (Å²) in [5.74, 6) is 0.664. The van der Waals surface area contributed by atoms with Crippen molar-refractivity contribution in [2.45, 2.75) is 13.8 Å². The highest BCUT2D eigenvalue weighted by molar-refractivity contribution is 6.13. The fourth-order valence-electron chi connectivity index (χ4n) is 7.84. The van der Waals surface area contributed by atoms with E-state index < -0.39 is 0 Å². The van der Waals surface area contributed by atoms with Gasteiger partial charge in [-0.1, -0.05) is 164 Å². The molecule has 4 nitrogen and oxygen atoms in total. The zero-order valence-corrected chi connectivity index (χ0v) is 31.8. The summed E-state index contributed by atoms with van der Waals surface area (Å²) in [5.41, 5.74) is 12.9. The number of benzene rings is 8. The number of fused-ring (bicyclic) bond motifs is 4. The Bertz CT molecular complexity index is 3020. The number of amidine groups is 1. The second-order valence-electron chi connectivity index (χ2n) is 14.1. The van der Waals surface area contributed by atoms with Gasteiger partial charge in [0.2, 0.25) is 0 Å². The highest BCUT2D eigenvalue weighted by Crippen LogP contribution is 2.39. The molecular formula is C53H38N4. The summed E-state index contributed by atoms with van der Waals surface area (Å²) in [6, 6.07) is 67.5. The molecule has 4 heteroatoms. The molecule has 57 heavy (non-hydrogen) atoms. The molecule has 0 unspecified atom stereocenters. The van der Waals surface area contributed by atoms with Crippen LogP contribution in [0.3, 0.4) is 0 Å². The number of nitriles is 1. The smallest absolute Gasteiger partial charge is 0.160 e. The lowest BCUT2D eigenvalue weighted by atomic mass is 9.91. The summed E-state index contributed by atoms with van der Waals surface area (Å²) < 4.78 is 2.27. The highest BCUT2D eigenvalue weighted by atomic mass is 15.0. The van der Waals surface area contributed by atoms with Crippen LogP contribution >= 0.6 is 0 Å². The highest BCUT2D eigenvalue weighted by Gasteiger charge is 2.16. The Labute approximate surface area is 332 Å². The van der Waals surface area contributed by atoms with Crippen molar-refractivity contribution in [3.05, 3.63) is 216 Å². The van der Waals surface area contributed by atoms with Crippen molar-refractivity contribution in [1.29, 1.82) is 5.26 Å². The Kier molecular flexibility index (Phi) is 9.40. The molecule has 8 aromatic carbocycles. The van der Waals surface area contributed by atoms with Crippen molar-refractivity contribution in [2.75, 3.05) is 0 Å². The second-order valence-corrected chi connectivity index (χ2v) is 14.1. The predicted molar refractivity (Wildman–Crippen MR) is 239 cm³/mol. The van der Waals surface area contributed by atoms with E-state index >= 15 is 0 Å². The summed E-state index contributed by atoms with van der Waals surface area (Å²) in [5, 5.41) is 14.9. The molecule has 0 saturated carbocycles. The number of nitrogens with zero attached hydrogens (tertiary/aromatic N) is 4. The average molecular weight is 731 g/mol. The summed E-state index contributed by atoms with van der Waals surface area (Å²) in [7, 11) is 0. The van der Waals surface area contributed by atoms with Crippen molar-refractivity contribution in [2.24, 2.45) is 9.98 Å². The Morgan fingerprint density at radius 1 is 0.509 bits per heavy atom. The van der Waals surface area contributed by atoms with Crippen LogP contribution in [-0.2, 0) is 0 Å². The van der Waals surface area contributed by atoms with E-state index in [1.165, 1.54) is 10.8 Å². The van der Waals surface area contributed by atoms with Gasteiger partial charge in [-0.2, -0.15) is 5.26 Å². The van der Waals surface area contributed by atoms with Gasteiger partial charge in [-0.3, -0.25) is 0 Å². The topological polar surface area (TPSA) is 53.4 Å². The molecule has 1 heterocycles. The molecule has 0 bridgehead atoms. The SMILES string of the molecule is C/C=C(\N=C(N=C(C)c1ccccc1)c1ccccc1)c1ccc(-c2ccc(-c3cc(C#N)cc(-n4c5ccccc5c5ccccc54)c3)c3ccccc23)cc1. The summed E-state index contributed by atoms with van der Waals surface area (Å²) in [6.07, 6.45) is 2.04. The minimum Gasteiger partial charge on any atom is -0.309 e. The Hall–Kier alpha value is -7.61. The van der Waals surface area contributed by atoms with Gasteiger partial charge in [0, 0.05) is 27.7 Å². The number of hydrogen-bond donors (Lipinski definition) is 0. The Morgan fingerprint density at radius 2 is 1.04 bits per heavy atom. The van der Waals surface area contributed by atoms with Crippen LogP contribution in [-0.4, -0.2) is 16.1 Å². The van der Waals surface area contributed by atoms with Gasteiger partial charge < -0.3 is 4.57 Å². The number of rotatable bonds is 7. The fourth-order valence-corrected chi connectivity index (χ4v) is 7.84. The van der Waals surface area contributed by atoms with E-state index in [4.69, 9.17) is 9.98 Å². The third-order valence-corrected chi connectivity index (χ3v) is 10.6. The van der Waals surface area contributed by atoms with Crippen molar-refractivity contribution >= 4 is 49.8 Å². The van der Waals surface area contributed by atoms with E-state index in [0.717, 1.165) is 77.8 Å². The zero-order valence-electron chi connectivity index (χ0n) is 31.8. The van der Waals surface area contributed by atoms with Gasteiger partial charge in [0.25, 0.3) is 0 Å². The number of hydrogen-bond acceptors (Lipinski definition) is 2. The Morgan fingerprint density at radius 3 is 1.61 bits per heavy atom. The molecule has 270 valence electrons. The van der Waals surface area contributed by atoms with Gasteiger partial charge in [-0.15, -0.1) is 0 Å². The van der Waals surface area contributed by atoms with Crippen LogP contribution in [0.15, 0.2) is 204 Å². The first-order valence-electron chi connectivity index (χ1n) is 19.2. The maximum atomic E-state index is 10.3. The normalized spacial score (nSPS) is 12.3. The fraction of sp³-hybridized carbons (Fsp3) is 0.0377. The van der Waals surface area contributed by atoms with E-state index in [-0.39, 0.29) is 0 Å². The largest absolute Gasteiger partial charge is 0.309 e. The van der Waals surface area contributed by atoms with Gasteiger partial charge in [0.05, 0.1) is 28.4 Å². The molecule has 0 spiro atoms. The summed E-state index contributed by atoms with van der Waals surface area (Å²) >= 11 is 0. The standard InChI is InChI=1S/C53H38N4/c1-3-50(56-53(41-18-8-5-9-19-41)55-36(2)38-16-6-4-7-17-38)40-28-26-39(27-29-40)44-30-31-45(47-21-11-10-20-46(44)47)42-32-37(35-54)33-43(34-42)57-51-24-14-12-22-48(51)49-23-13-15-25-52(49)57/h3-34H,1-2H3/b50-3-,55-36?,56-53?. The summed E-state index contributed by atoms with van der Waals surface area (Å²) in [6.45, 7) is 4.04. The molecule has 0 aliphatic heterocycles. The van der Waals surface area contributed by atoms with E-state index in [1.807, 2.05) is 80.6 Å². The van der Waals surface area contributed by atoms with Gasteiger partial charge >= 0.3 is 0 Å². The molecule has 0 radical (unpaired) electrons. The first-order valence-corrected chi connectivity index (χ1v) is 19.2. The average Bonchev–Trinajstić information content (AvgIpc) is 3.62. The molecule has 9 aromatic rings. The quantitative estimate of drug-likeness (QED) is 0.119. The number of aromatic nitrogens is 1.